The fourth-order valence-corrected chi connectivity index (χ4v) is 3.10. The van der Waals surface area contributed by atoms with Gasteiger partial charge in [0.05, 0.1) is 5.92 Å². The van der Waals surface area contributed by atoms with Crippen LogP contribution in [0.2, 0.25) is 0 Å². The smallest absolute Gasteiger partial charge is 0.308 e. The summed E-state index contributed by atoms with van der Waals surface area (Å²) < 4.78 is 11.4. The summed E-state index contributed by atoms with van der Waals surface area (Å²) in [7, 11) is 0. The summed E-state index contributed by atoms with van der Waals surface area (Å²) in [6.45, 7) is 1.77. The van der Waals surface area contributed by atoms with Gasteiger partial charge in [-0.2, -0.15) is 0 Å². The number of nitrogens with one attached hydrogen (secondary N) is 1. The molecule has 1 aliphatic heterocycles. The van der Waals surface area contributed by atoms with Crippen molar-refractivity contribution in [3.05, 3.63) is 24.3 Å². The van der Waals surface area contributed by atoms with Gasteiger partial charge < -0.3 is 19.9 Å². The number of carbonyl (C=O) groups is 2. The van der Waals surface area contributed by atoms with Gasteiger partial charge in [-0.25, -0.2) is 0 Å². The molecule has 0 aromatic heterocycles. The molecule has 1 saturated carbocycles. The first-order valence-electron chi connectivity index (χ1n) is 7.52. The van der Waals surface area contributed by atoms with E-state index in [0.717, 1.165) is 6.42 Å². The van der Waals surface area contributed by atoms with Crippen molar-refractivity contribution in [1.82, 2.24) is 5.32 Å². The van der Waals surface area contributed by atoms with E-state index in [1.54, 1.807) is 19.1 Å². The minimum Gasteiger partial charge on any atom is -0.482 e. The molecule has 1 aromatic carbocycles. The molecule has 1 heterocycles. The van der Waals surface area contributed by atoms with Crippen molar-refractivity contribution in [3.63, 3.8) is 0 Å². The number of para-hydroxylation sites is 2. The molecule has 118 valence electrons. The molecule has 1 aromatic rings. The Morgan fingerprint density at radius 1 is 1.18 bits per heavy atom. The highest BCUT2D eigenvalue weighted by atomic mass is 16.6. The number of carbonyl (C=O) groups excluding carboxylic acids is 1. The van der Waals surface area contributed by atoms with Crippen LogP contribution < -0.4 is 14.8 Å². The monoisotopic (exact) mass is 305 g/mol. The zero-order valence-electron chi connectivity index (χ0n) is 12.3. The molecule has 2 unspecified atom stereocenters. The van der Waals surface area contributed by atoms with Crippen LogP contribution in [-0.2, 0) is 9.59 Å². The number of carboxylic acids is 1. The third-order valence-corrected chi connectivity index (χ3v) is 4.26. The first-order valence-corrected chi connectivity index (χ1v) is 7.52. The van der Waals surface area contributed by atoms with E-state index >= 15 is 0 Å². The summed E-state index contributed by atoms with van der Waals surface area (Å²) in [5, 5.41) is 12.0. The fraction of sp³-hybridized carbons (Fsp3) is 0.500. The van der Waals surface area contributed by atoms with Crippen molar-refractivity contribution < 1.29 is 24.2 Å². The molecule has 1 aliphatic carbocycles. The van der Waals surface area contributed by atoms with Crippen LogP contribution in [0.1, 0.15) is 26.2 Å². The van der Waals surface area contributed by atoms with Crippen LogP contribution in [0.5, 0.6) is 11.5 Å². The summed E-state index contributed by atoms with van der Waals surface area (Å²) in [6.07, 6.45) is 0.883. The van der Waals surface area contributed by atoms with Gasteiger partial charge in [-0.1, -0.05) is 18.6 Å². The van der Waals surface area contributed by atoms with E-state index in [4.69, 9.17) is 9.47 Å². The molecule has 3 rings (SSSR count). The lowest BCUT2D eigenvalue weighted by Gasteiger charge is -2.32. The SMILES string of the molecule is CC1Oc2ccccc2OC1C(=O)N[C@@H]1CCC[C@@H]1C(=O)O. The molecular formula is C16H19NO5. The molecule has 6 nitrogen and oxygen atoms in total. The van der Waals surface area contributed by atoms with Crippen LogP contribution in [0.15, 0.2) is 24.3 Å². The van der Waals surface area contributed by atoms with Crippen molar-refractivity contribution in [1.29, 1.82) is 0 Å². The van der Waals surface area contributed by atoms with Crippen molar-refractivity contribution in [2.24, 2.45) is 5.92 Å². The van der Waals surface area contributed by atoms with Crippen LogP contribution in [-0.4, -0.2) is 35.2 Å². The van der Waals surface area contributed by atoms with Gasteiger partial charge >= 0.3 is 5.97 Å². The third kappa shape index (κ3) is 2.73. The predicted molar refractivity (Wildman–Crippen MR) is 77.9 cm³/mol. The van der Waals surface area contributed by atoms with Crippen LogP contribution in [0, 0.1) is 5.92 Å². The van der Waals surface area contributed by atoms with Gasteiger partial charge in [0.1, 0.15) is 6.10 Å². The number of hydrogen-bond donors (Lipinski definition) is 2. The van der Waals surface area contributed by atoms with Gasteiger partial charge in [0.25, 0.3) is 5.91 Å². The van der Waals surface area contributed by atoms with Crippen molar-refractivity contribution >= 4 is 11.9 Å². The molecule has 0 spiro atoms. The highest BCUT2D eigenvalue weighted by molar-refractivity contribution is 5.83. The molecular weight excluding hydrogens is 286 g/mol. The molecule has 0 radical (unpaired) electrons. The van der Waals surface area contributed by atoms with Crippen LogP contribution in [0.3, 0.4) is 0 Å². The number of carboxylic acid groups (broad SMARTS) is 1. The van der Waals surface area contributed by atoms with E-state index in [0.29, 0.717) is 24.3 Å². The van der Waals surface area contributed by atoms with Gasteiger partial charge in [-0.05, 0) is 31.9 Å². The quantitative estimate of drug-likeness (QED) is 0.885. The summed E-state index contributed by atoms with van der Waals surface area (Å²) in [4.78, 5) is 23.6. The van der Waals surface area contributed by atoms with Gasteiger partial charge in [0, 0.05) is 6.04 Å². The Morgan fingerprint density at radius 3 is 2.55 bits per heavy atom. The van der Waals surface area contributed by atoms with Gasteiger partial charge in [-0.3, -0.25) is 9.59 Å². The Morgan fingerprint density at radius 2 is 1.86 bits per heavy atom. The fourth-order valence-electron chi connectivity index (χ4n) is 3.10. The normalized spacial score (nSPS) is 29.9. The maximum Gasteiger partial charge on any atom is 0.308 e. The minimum absolute atomic E-state index is 0.319. The maximum atomic E-state index is 12.4. The predicted octanol–water partition coefficient (Wildman–Crippen LogP) is 1.58. The number of aliphatic carboxylic acids is 1. The summed E-state index contributed by atoms with van der Waals surface area (Å²) >= 11 is 0. The molecule has 6 heteroatoms. The minimum atomic E-state index is -0.859. The second-order valence-electron chi connectivity index (χ2n) is 5.80. The van der Waals surface area contributed by atoms with Crippen LogP contribution >= 0.6 is 0 Å². The Balaban J connectivity index is 1.69. The van der Waals surface area contributed by atoms with Crippen LogP contribution in [0.25, 0.3) is 0 Å². The second kappa shape index (κ2) is 5.87. The van der Waals surface area contributed by atoms with E-state index < -0.39 is 24.1 Å². The lowest BCUT2D eigenvalue weighted by atomic mass is 10.0. The van der Waals surface area contributed by atoms with Crippen molar-refractivity contribution in [2.75, 3.05) is 0 Å². The number of benzene rings is 1. The summed E-state index contributed by atoms with van der Waals surface area (Å²) in [6, 6.07) is 6.85. The molecule has 0 saturated heterocycles. The number of amides is 1. The lowest BCUT2D eigenvalue weighted by Crippen LogP contribution is -2.52. The second-order valence-corrected chi connectivity index (χ2v) is 5.80. The Labute approximate surface area is 128 Å². The third-order valence-electron chi connectivity index (χ3n) is 4.26. The van der Waals surface area contributed by atoms with E-state index in [1.807, 2.05) is 12.1 Å². The number of rotatable bonds is 3. The summed E-state index contributed by atoms with van der Waals surface area (Å²) in [5.41, 5.74) is 0. The first kappa shape index (κ1) is 14.7. The van der Waals surface area contributed by atoms with E-state index in [1.165, 1.54) is 0 Å². The largest absolute Gasteiger partial charge is 0.482 e. The molecule has 2 aliphatic rings. The molecule has 4 atom stereocenters. The van der Waals surface area contributed by atoms with Crippen molar-refractivity contribution in [2.45, 2.75) is 44.4 Å². The van der Waals surface area contributed by atoms with Crippen molar-refractivity contribution in [3.8, 4) is 11.5 Å². The number of fused-ring (bicyclic) bond motifs is 1. The standard InChI is InChI=1S/C16H19NO5/c1-9-14(22-13-8-3-2-7-12(13)21-9)15(18)17-11-6-4-5-10(11)16(19)20/h2-3,7-11,14H,4-6H2,1H3,(H,17,18)(H,19,20)/t9?,10-,11+,14?/m0/s1. The molecule has 22 heavy (non-hydrogen) atoms. The zero-order chi connectivity index (χ0) is 15.7. The van der Waals surface area contributed by atoms with Gasteiger partial charge in [0.15, 0.2) is 11.5 Å². The Bertz CT molecular complexity index is 588. The molecule has 2 N–H and O–H groups in total. The van der Waals surface area contributed by atoms with E-state index in [9.17, 15) is 14.7 Å². The highest BCUT2D eigenvalue weighted by Gasteiger charge is 2.39. The van der Waals surface area contributed by atoms with Crippen LogP contribution in [0.4, 0.5) is 0 Å². The van der Waals surface area contributed by atoms with Gasteiger partial charge in [0.2, 0.25) is 6.10 Å². The Kier molecular flexibility index (Phi) is 3.92. The number of hydrogen-bond acceptors (Lipinski definition) is 4. The first-order chi connectivity index (χ1) is 10.6. The molecule has 1 amide bonds. The zero-order valence-corrected chi connectivity index (χ0v) is 12.3. The van der Waals surface area contributed by atoms with Gasteiger partial charge in [-0.15, -0.1) is 0 Å². The highest BCUT2D eigenvalue weighted by Crippen LogP contribution is 2.34. The van der Waals surface area contributed by atoms with E-state index in [-0.39, 0.29) is 11.9 Å². The average molecular weight is 305 g/mol. The maximum absolute atomic E-state index is 12.4. The lowest BCUT2D eigenvalue weighted by molar-refractivity contribution is -0.143. The van der Waals surface area contributed by atoms with E-state index in [2.05, 4.69) is 5.32 Å². The summed E-state index contributed by atoms with van der Waals surface area (Å²) in [5.74, 6) is -0.552. The average Bonchev–Trinajstić information content (AvgIpc) is 2.94. The molecule has 0 bridgehead atoms. The Hall–Kier alpha value is -2.24. The number of ether oxygens (including phenoxy) is 2. The molecule has 1 fully saturated rings. The topological polar surface area (TPSA) is 84.9 Å².